The number of hydrogen-bond donors (Lipinski definition) is 1. The van der Waals surface area contributed by atoms with Gasteiger partial charge in [-0.25, -0.2) is 4.99 Å². The molecule has 0 saturated carbocycles. The largest absolute Gasteiger partial charge is 0.858 e. The maximum atomic E-state index is 11.5. The first-order valence-corrected chi connectivity index (χ1v) is 4.88. The van der Waals surface area contributed by atoms with Crippen molar-refractivity contribution in [1.82, 2.24) is 0 Å². The highest BCUT2D eigenvalue weighted by Crippen LogP contribution is 2.28. The van der Waals surface area contributed by atoms with Crippen molar-refractivity contribution in [3.63, 3.8) is 0 Å². The van der Waals surface area contributed by atoms with Crippen molar-refractivity contribution in [2.45, 2.75) is 19.5 Å². The quantitative estimate of drug-likeness (QED) is 0.562. The van der Waals surface area contributed by atoms with Crippen LogP contribution in [0.2, 0.25) is 0 Å². The summed E-state index contributed by atoms with van der Waals surface area (Å²) in [7, 11) is 0. The van der Waals surface area contributed by atoms with E-state index in [2.05, 4.69) is 9.98 Å². The lowest BCUT2D eigenvalue weighted by molar-refractivity contribution is -0.212. The van der Waals surface area contributed by atoms with Gasteiger partial charge in [0.2, 0.25) is 0 Å². The van der Waals surface area contributed by atoms with E-state index in [1.54, 1.807) is 6.07 Å². The van der Waals surface area contributed by atoms with Gasteiger partial charge in [0.15, 0.2) is 6.17 Å². The highest BCUT2D eigenvalue weighted by Gasteiger charge is 2.18. The second kappa shape index (κ2) is 3.73. The summed E-state index contributed by atoms with van der Waals surface area (Å²) in [5.41, 5.74) is 7.11. The molecule has 0 bridgehead atoms. The lowest BCUT2D eigenvalue weighted by Crippen LogP contribution is -2.15. The Kier molecular flexibility index (Phi) is 2.41. The summed E-state index contributed by atoms with van der Waals surface area (Å²) >= 11 is 0. The van der Waals surface area contributed by atoms with Gasteiger partial charge in [0.05, 0.1) is 5.84 Å². The maximum Gasteiger partial charge on any atom is 0.166 e. The topological polar surface area (TPSA) is 73.8 Å². The van der Waals surface area contributed by atoms with Gasteiger partial charge >= 0.3 is 0 Å². The Bertz CT molecular complexity index is 437. The SMILES string of the molecule is CCC(N)=NC1N=C([O-])c2ccccc21. The third-order valence-corrected chi connectivity index (χ3v) is 2.36. The van der Waals surface area contributed by atoms with Gasteiger partial charge in [-0.15, -0.1) is 0 Å². The van der Waals surface area contributed by atoms with E-state index in [0.29, 0.717) is 17.8 Å². The third-order valence-electron chi connectivity index (χ3n) is 2.36. The number of hydrogen-bond acceptors (Lipinski definition) is 3. The fraction of sp³-hybridized carbons (Fsp3) is 0.273. The number of fused-ring (bicyclic) bond motifs is 1. The van der Waals surface area contributed by atoms with Crippen LogP contribution in [0.3, 0.4) is 0 Å². The Morgan fingerprint density at radius 1 is 1.53 bits per heavy atom. The molecule has 0 spiro atoms. The van der Waals surface area contributed by atoms with Crippen LogP contribution in [0.25, 0.3) is 0 Å². The highest BCUT2D eigenvalue weighted by molar-refractivity contribution is 5.95. The van der Waals surface area contributed by atoms with Crippen molar-refractivity contribution >= 4 is 11.7 Å². The first-order valence-electron chi connectivity index (χ1n) is 4.88. The van der Waals surface area contributed by atoms with Crippen LogP contribution in [0.15, 0.2) is 34.3 Å². The molecule has 0 aliphatic carbocycles. The second-order valence-electron chi connectivity index (χ2n) is 3.37. The molecule has 1 aliphatic heterocycles. The molecule has 4 nitrogen and oxygen atoms in total. The summed E-state index contributed by atoms with van der Waals surface area (Å²) in [5.74, 6) is 0.316. The molecular formula is C11H12N3O-. The van der Waals surface area contributed by atoms with Gasteiger partial charge in [0.1, 0.15) is 0 Å². The van der Waals surface area contributed by atoms with Gasteiger partial charge < -0.3 is 10.8 Å². The van der Waals surface area contributed by atoms with Crippen LogP contribution in [0.4, 0.5) is 0 Å². The smallest absolute Gasteiger partial charge is 0.166 e. The molecule has 0 fully saturated rings. The monoisotopic (exact) mass is 202 g/mol. The van der Waals surface area contributed by atoms with E-state index in [-0.39, 0.29) is 5.90 Å². The molecule has 0 radical (unpaired) electrons. The van der Waals surface area contributed by atoms with Crippen LogP contribution in [-0.4, -0.2) is 11.7 Å². The lowest BCUT2D eigenvalue weighted by Gasteiger charge is -2.05. The molecule has 1 atom stereocenters. The molecule has 0 amide bonds. The standard InChI is InChI=1S/C11H13N3O/c1-2-9(12)13-10-7-5-3-4-6-8(7)11(15)14-10/h3-6,10H,2H2,1H3,(H2,12,13)(H,14,15)/p-1. The summed E-state index contributed by atoms with van der Waals surface area (Å²) < 4.78 is 0. The zero-order valence-electron chi connectivity index (χ0n) is 8.47. The van der Waals surface area contributed by atoms with E-state index in [0.717, 1.165) is 5.56 Å². The normalized spacial score (nSPS) is 19.9. The predicted octanol–water partition coefficient (Wildman–Crippen LogP) is 0.573. The number of aliphatic imine (C=N–C) groups is 2. The number of nitrogens with two attached hydrogens (primary N) is 1. The number of benzene rings is 1. The van der Waals surface area contributed by atoms with Crippen molar-refractivity contribution in [3.8, 4) is 0 Å². The van der Waals surface area contributed by atoms with E-state index >= 15 is 0 Å². The highest BCUT2D eigenvalue weighted by atomic mass is 16.3. The van der Waals surface area contributed by atoms with Crippen LogP contribution < -0.4 is 10.8 Å². The molecule has 1 unspecified atom stereocenters. The van der Waals surface area contributed by atoms with E-state index in [1.807, 2.05) is 25.1 Å². The molecule has 2 rings (SSSR count). The average molecular weight is 202 g/mol. The van der Waals surface area contributed by atoms with Crippen LogP contribution in [-0.2, 0) is 0 Å². The summed E-state index contributed by atoms with van der Waals surface area (Å²) in [4.78, 5) is 8.13. The Labute approximate surface area is 88.2 Å². The minimum Gasteiger partial charge on any atom is -0.858 e. The molecule has 4 heteroatoms. The summed E-state index contributed by atoms with van der Waals surface area (Å²) in [6.45, 7) is 1.92. The van der Waals surface area contributed by atoms with Gasteiger partial charge in [-0.1, -0.05) is 31.2 Å². The zero-order valence-corrected chi connectivity index (χ0v) is 8.47. The van der Waals surface area contributed by atoms with Crippen molar-refractivity contribution in [3.05, 3.63) is 35.4 Å². The minimum atomic E-state index is -0.436. The van der Waals surface area contributed by atoms with Crippen LogP contribution >= 0.6 is 0 Å². The number of amidine groups is 1. The molecule has 1 aromatic carbocycles. The Hall–Kier alpha value is -1.84. The van der Waals surface area contributed by atoms with Crippen LogP contribution in [0, 0.1) is 0 Å². The maximum absolute atomic E-state index is 11.5. The third kappa shape index (κ3) is 1.70. The summed E-state index contributed by atoms with van der Waals surface area (Å²) in [6, 6.07) is 7.32. The zero-order chi connectivity index (χ0) is 10.8. The van der Waals surface area contributed by atoms with Crippen LogP contribution in [0.1, 0.15) is 30.6 Å². The molecular weight excluding hydrogens is 190 g/mol. The molecule has 0 aromatic heterocycles. The summed E-state index contributed by atoms with van der Waals surface area (Å²) in [6.07, 6.45) is 0.233. The minimum absolute atomic E-state index is 0.205. The summed E-state index contributed by atoms with van der Waals surface area (Å²) in [5, 5.41) is 11.5. The molecule has 2 N–H and O–H groups in total. The van der Waals surface area contributed by atoms with Crippen molar-refractivity contribution in [1.29, 1.82) is 0 Å². The molecule has 1 heterocycles. The Morgan fingerprint density at radius 3 is 3.00 bits per heavy atom. The fourth-order valence-corrected chi connectivity index (χ4v) is 1.51. The van der Waals surface area contributed by atoms with Gasteiger partial charge in [0.25, 0.3) is 0 Å². The van der Waals surface area contributed by atoms with Crippen molar-refractivity contribution < 1.29 is 5.11 Å². The lowest BCUT2D eigenvalue weighted by atomic mass is 10.1. The van der Waals surface area contributed by atoms with E-state index in [1.165, 1.54) is 0 Å². The predicted molar refractivity (Wildman–Crippen MR) is 57.6 cm³/mol. The number of nitrogens with zero attached hydrogens (tertiary/aromatic N) is 2. The number of rotatable bonds is 2. The first-order chi connectivity index (χ1) is 7.22. The Morgan fingerprint density at radius 2 is 2.27 bits per heavy atom. The second-order valence-corrected chi connectivity index (χ2v) is 3.37. The average Bonchev–Trinajstić information content (AvgIpc) is 2.57. The van der Waals surface area contributed by atoms with Crippen molar-refractivity contribution in [2.24, 2.45) is 15.7 Å². The molecule has 78 valence electrons. The van der Waals surface area contributed by atoms with E-state index < -0.39 is 6.17 Å². The fourth-order valence-electron chi connectivity index (χ4n) is 1.51. The van der Waals surface area contributed by atoms with Gasteiger partial charge in [-0.2, -0.15) is 0 Å². The van der Waals surface area contributed by atoms with Crippen molar-refractivity contribution in [2.75, 3.05) is 0 Å². The molecule has 15 heavy (non-hydrogen) atoms. The Balaban J connectivity index is 2.39. The molecule has 1 aromatic rings. The van der Waals surface area contributed by atoms with E-state index in [4.69, 9.17) is 5.73 Å². The van der Waals surface area contributed by atoms with E-state index in [9.17, 15) is 5.11 Å². The van der Waals surface area contributed by atoms with Gasteiger partial charge in [0, 0.05) is 12.0 Å². The molecule has 1 aliphatic rings. The van der Waals surface area contributed by atoms with Gasteiger partial charge in [-0.05, 0) is 11.5 Å². The molecule has 0 saturated heterocycles. The first kappa shape index (κ1) is 9.71. The van der Waals surface area contributed by atoms with Crippen LogP contribution in [0.5, 0.6) is 0 Å². The van der Waals surface area contributed by atoms with Gasteiger partial charge in [-0.3, -0.25) is 4.99 Å².